The highest BCUT2D eigenvalue weighted by molar-refractivity contribution is 5.93. The number of cyclic esters (lactones) is 1. The lowest BCUT2D eigenvalue weighted by atomic mass is 9.99. The number of hydrogen-bond donors (Lipinski definition) is 0. The molecule has 0 aromatic heterocycles. The third-order valence-electron chi connectivity index (χ3n) is 4.24. The third-order valence-corrected chi connectivity index (χ3v) is 4.24. The summed E-state index contributed by atoms with van der Waals surface area (Å²) in [7, 11) is 0. The van der Waals surface area contributed by atoms with E-state index in [0.717, 1.165) is 24.8 Å². The molecular formula is C18H25NO3. The molecule has 1 aromatic rings. The first-order valence-electron chi connectivity index (χ1n) is 8.12. The molecule has 0 aliphatic carbocycles. The fourth-order valence-electron chi connectivity index (χ4n) is 2.93. The Bertz CT molecular complexity index is 514. The lowest BCUT2D eigenvalue weighted by Crippen LogP contribution is -2.38. The fraction of sp³-hybridized carbons (Fsp3) is 0.556. The van der Waals surface area contributed by atoms with Crippen LogP contribution in [0.25, 0.3) is 0 Å². The van der Waals surface area contributed by atoms with E-state index in [9.17, 15) is 9.59 Å². The quantitative estimate of drug-likeness (QED) is 0.786. The lowest BCUT2D eigenvalue weighted by Gasteiger charge is -2.21. The van der Waals surface area contributed by atoms with Gasteiger partial charge in [0.05, 0.1) is 6.04 Å². The highest BCUT2D eigenvalue weighted by atomic mass is 16.6. The molecule has 1 aliphatic heterocycles. The first-order chi connectivity index (χ1) is 10.5. The molecule has 1 saturated heterocycles. The SMILES string of the molecule is CCCC[C@@H](C)CC(=O)N1C(=O)O[C@@H](c2ccccc2)[C@H]1C. The zero-order chi connectivity index (χ0) is 16.1. The van der Waals surface area contributed by atoms with Crippen molar-refractivity contribution in [2.24, 2.45) is 5.92 Å². The summed E-state index contributed by atoms with van der Waals surface area (Å²) in [6.07, 6.45) is 2.76. The molecule has 0 unspecified atom stereocenters. The molecule has 2 amide bonds. The van der Waals surface area contributed by atoms with Gasteiger partial charge in [-0.3, -0.25) is 4.79 Å². The van der Waals surface area contributed by atoms with E-state index in [1.807, 2.05) is 37.3 Å². The Kier molecular flexibility index (Phi) is 5.58. The molecule has 1 heterocycles. The van der Waals surface area contributed by atoms with Crippen LogP contribution < -0.4 is 0 Å². The highest BCUT2D eigenvalue weighted by Gasteiger charge is 2.43. The van der Waals surface area contributed by atoms with Crippen LogP contribution in [0.1, 0.15) is 58.1 Å². The molecule has 1 aliphatic rings. The smallest absolute Gasteiger partial charge is 0.417 e. The van der Waals surface area contributed by atoms with Crippen LogP contribution in [0.15, 0.2) is 30.3 Å². The maximum absolute atomic E-state index is 12.4. The second-order valence-corrected chi connectivity index (χ2v) is 6.17. The number of imide groups is 1. The average molecular weight is 303 g/mol. The molecule has 120 valence electrons. The molecule has 4 heteroatoms. The number of amides is 2. The summed E-state index contributed by atoms with van der Waals surface area (Å²) in [4.78, 5) is 25.8. The van der Waals surface area contributed by atoms with Gasteiger partial charge in [0.2, 0.25) is 5.91 Å². The summed E-state index contributed by atoms with van der Waals surface area (Å²) in [5, 5.41) is 0. The van der Waals surface area contributed by atoms with E-state index in [1.165, 1.54) is 4.90 Å². The number of carbonyl (C=O) groups excluding carboxylic acids is 2. The van der Waals surface area contributed by atoms with Gasteiger partial charge < -0.3 is 4.74 Å². The molecule has 4 nitrogen and oxygen atoms in total. The largest absolute Gasteiger partial charge is 0.439 e. The number of unbranched alkanes of at least 4 members (excludes halogenated alkanes) is 1. The molecule has 3 atom stereocenters. The molecule has 0 spiro atoms. The molecular weight excluding hydrogens is 278 g/mol. The predicted molar refractivity (Wildman–Crippen MR) is 85.3 cm³/mol. The average Bonchev–Trinajstić information content (AvgIpc) is 2.81. The molecule has 0 bridgehead atoms. The van der Waals surface area contributed by atoms with Gasteiger partial charge in [0.15, 0.2) is 0 Å². The molecule has 0 N–H and O–H groups in total. The van der Waals surface area contributed by atoms with Crippen LogP contribution in [-0.2, 0) is 9.53 Å². The van der Waals surface area contributed by atoms with Crippen LogP contribution in [0.5, 0.6) is 0 Å². The summed E-state index contributed by atoms with van der Waals surface area (Å²) in [5.74, 6) is 0.169. The van der Waals surface area contributed by atoms with Crippen LogP contribution in [0.3, 0.4) is 0 Å². The first kappa shape index (κ1) is 16.5. The van der Waals surface area contributed by atoms with Crippen LogP contribution in [0.2, 0.25) is 0 Å². The van der Waals surface area contributed by atoms with Crippen LogP contribution >= 0.6 is 0 Å². The van der Waals surface area contributed by atoms with Gasteiger partial charge in [0.1, 0.15) is 6.10 Å². The highest BCUT2D eigenvalue weighted by Crippen LogP contribution is 2.33. The van der Waals surface area contributed by atoms with E-state index in [1.54, 1.807) is 0 Å². The van der Waals surface area contributed by atoms with Crippen molar-refractivity contribution in [3.05, 3.63) is 35.9 Å². The van der Waals surface area contributed by atoms with Gasteiger partial charge in [-0.05, 0) is 18.4 Å². The predicted octanol–water partition coefficient (Wildman–Crippen LogP) is 4.31. The Morgan fingerprint density at radius 3 is 2.64 bits per heavy atom. The van der Waals surface area contributed by atoms with Crippen LogP contribution in [0, 0.1) is 5.92 Å². The van der Waals surface area contributed by atoms with Crippen molar-refractivity contribution < 1.29 is 14.3 Å². The monoisotopic (exact) mass is 303 g/mol. The van der Waals surface area contributed by atoms with Gasteiger partial charge in [-0.1, -0.05) is 63.4 Å². The van der Waals surface area contributed by atoms with Gasteiger partial charge in [-0.2, -0.15) is 0 Å². The van der Waals surface area contributed by atoms with Gasteiger partial charge in [-0.25, -0.2) is 9.69 Å². The minimum absolute atomic E-state index is 0.125. The lowest BCUT2D eigenvalue weighted by molar-refractivity contribution is -0.130. The minimum atomic E-state index is -0.519. The van der Waals surface area contributed by atoms with Crippen molar-refractivity contribution in [1.82, 2.24) is 4.90 Å². The van der Waals surface area contributed by atoms with E-state index in [4.69, 9.17) is 4.74 Å². The number of ether oxygens (including phenoxy) is 1. The number of nitrogens with zero attached hydrogens (tertiary/aromatic N) is 1. The summed E-state index contributed by atoms with van der Waals surface area (Å²) in [6, 6.07) is 9.32. The van der Waals surface area contributed by atoms with Crippen molar-refractivity contribution in [2.75, 3.05) is 0 Å². The molecule has 22 heavy (non-hydrogen) atoms. The number of rotatable bonds is 6. The Morgan fingerprint density at radius 2 is 2.00 bits per heavy atom. The Hall–Kier alpha value is -1.84. The minimum Gasteiger partial charge on any atom is -0.439 e. The third kappa shape index (κ3) is 3.67. The first-order valence-corrected chi connectivity index (χ1v) is 8.12. The van der Waals surface area contributed by atoms with E-state index in [2.05, 4.69) is 13.8 Å². The number of benzene rings is 1. The maximum atomic E-state index is 12.4. The van der Waals surface area contributed by atoms with E-state index in [-0.39, 0.29) is 18.1 Å². The Morgan fingerprint density at radius 1 is 1.32 bits per heavy atom. The van der Waals surface area contributed by atoms with Crippen molar-refractivity contribution >= 4 is 12.0 Å². The van der Waals surface area contributed by atoms with Gasteiger partial charge in [0, 0.05) is 6.42 Å². The fourth-order valence-corrected chi connectivity index (χ4v) is 2.93. The van der Waals surface area contributed by atoms with Gasteiger partial charge in [0.25, 0.3) is 0 Å². The summed E-state index contributed by atoms with van der Waals surface area (Å²) < 4.78 is 5.42. The van der Waals surface area contributed by atoms with E-state index < -0.39 is 6.09 Å². The standard InChI is InChI=1S/C18H25NO3/c1-4-5-9-13(2)12-16(20)19-14(3)17(22-18(19)21)15-10-7-6-8-11-15/h6-8,10-11,13-14,17H,4-5,9,12H2,1-3H3/t13-,14-,17-/m1/s1. The Balaban J connectivity index is 2.02. The number of hydrogen-bond acceptors (Lipinski definition) is 3. The molecule has 1 fully saturated rings. The number of carbonyl (C=O) groups is 2. The summed E-state index contributed by atoms with van der Waals surface area (Å²) >= 11 is 0. The topological polar surface area (TPSA) is 46.6 Å². The van der Waals surface area contributed by atoms with E-state index in [0.29, 0.717) is 12.3 Å². The van der Waals surface area contributed by atoms with Crippen molar-refractivity contribution in [3.8, 4) is 0 Å². The van der Waals surface area contributed by atoms with Crippen molar-refractivity contribution in [3.63, 3.8) is 0 Å². The second-order valence-electron chi connectivity index (χ2n) is 6.17. The zero-order valence-corrected chi connectivity index (χ0v) is 13.6. The molecule has 2 rings (SSSR count). The maximum Gasteiger partial charge on any atom is 0.417 e. The molecule has 1 aromatic carbocycles. The Labute approximate surface area is 132 Å². The molecule has 0 saturated carbocycles. The van der Waals surface area contributed by atoms with Crippen molar-refractivity contribution in [1.29, 1.82) is 0 Å². The van der Waals surface area contributed by atoms with Gasteiger partial charge >= 0.3 is 6.09 Å². The molecule has 0 radical (unpaired) electrons. The summed E-state index contributed by atoms with van der Waals surface area (Å²) in [6.45, 7) is 6.07. The van der Waals surface area contributed by atoms with Crippen LogP contribution in [-0.4, -0.2) is 22.9 Å². The summed E-state index contributed by atoms with van der Waals surface area (Å²) in [5.41, 5.74) is 0.928. The van der Waals surface area contributed by atoms with Crippen molar-refractivity contribution in [2.45, 2.75) is 58.6 Å². The zero-order valence-electron chi connectivity index (χ0n) is 13.6. The second kappa shape index (κ2) is 7.43. The van der Waals surface area contributed by atoms with Crippen LogP contribution in [0.4, 0.5) is 4.79 Å². The van der Waals surface area contributed by atoms with E-state index >= 15 is 0 Å². The van der Waals surface area contributed by atoms with Gasteiger partial charge in [-0.15, -0.1) is 0 Å². The normalized spacial score (nSPS) is 22.5.